The molecule has 2 aromatic rings. The van der Waals surface area contributed by atoms with Crippen LogP contribution in [-0.2, 0) is 0 Å². The minimum atomic E-state index is -1.06. The van der Waals surface area contributed by atoms with Crippen molar-refractivity contribution in [2.45, 2.75) is 25.8 Å². The van der Waals surface area contributed by atoms with Crippen LogP contribution in [0.3, 0.4) is 0 Å². The second-order valence-electron chi connectivity index (χ2n) is 6.87. The van der Waals surface area contributed by atoms with Gasteiger partial charge in [0.1, 0.15) is 5.69 Å². The van der Waals surface area contributed by atoms with Gasteiger partial charge in [-0.05, 0) is 31.4 Å². The number of carboxylic acid groups (broad SMARTS) is 1. The minimum absolute atomic E-state index is 0. The first-order valence-corrected chi connectivity index (χ1v) is 8.66. The minimum Gasteiger partial charge on any atom is -0.477 e. The number of aromatic carboxylic acids is 1. The van der Waals surface area contributed by atoms with Crippen LogP contribution in [0.2, 0.25) is 0 Å². The number of nitrogens with two attached hydrogens (primary N) is 1. The first-order chi connectivity index (χ1) is 12.0. The van der Waals surface area contributed by atoms with Crippen LogP contribution in [0.5, 0.6) is 0 Å². The molecule has 4 N–H and O–H groups in total. The fourth-order valence-electron chi connectivity index (χ4n) is 3.90. The number of nitrogens with zero attached hydrogens (tertiary/aromatic N) is 2. The number of hydrogen-bond donors (Lipinski definition) is 3. The Morgan fingerprint density at radius 2 is 1.92 bits per heavy atom. The molecule has 0 radical (unpaired) electrons. The van der Waals surface area contributed by atoms with Crippen molar-refractivity contribution in [1.29, 1.82) is 0 Å². The van der Waals surface area contributed by atoms with Crippen LogP contribution < -0.4 is 21.4 Å². The van der Waals surface area contributed by atoms with Gasteiger partial charge in [0.05, 0.1) is 16.9 Å². The highest BCUT2D eigenvalue weighted by molar-refractivity contribution is 5.97. The molecule has 1 saturated carbocycles. The Balaban J connectivity index is 0.00000196. The first-order valence-electron chi connectivity index (χ1n) is 8.66. The molecule has 1 saturated heterocycles. The van der Waals surface area contributed by atoms with Crippen molar-refractivity contribution in [1.82, 2.24) is 9.88 Å². The number of rotatable bonds is 3. The third-order valence-corrected chi connectivity index (χ3v) is 5.14. The quantitative estimate of drug-likeness (QED) is 0.703. The highest BCUT2D eigenvalue weighted by atomic mass is 35.5. The van der Waals surface area contributed by atoms with Gasteiger partial charge < -0.3 is 25.6 Å². The number of nitrogen functional groups attached to an aromatic ring is 1. The molecular formula is C18H23ClN4O3. The summed E-state index contributed by atoms with van der Waals surface area (Å²) in [7, 11) is 0. The lowest BCUT2D eigenvalue weighted by atomic mass is 10.0. The lowest BCUT2D eigenvalue weighted by Gasteiger charge is -2.32. The summed E-state index contributed by atoms with van der Waals surface area (Å²) in [6.45, 7) is 5.37. The van der Waals surface area contributed by atoms with Gasteiger partial charge in [0, 0.05) is 43.7 Å². The Kier molecular flexibility index (Phi) is 4.86. The number of aromatic nitrogens is 1. The molecule has 2 aliphatic rings. The summed E-state index contributed by atoms with van der Waals surface area (Å²) in [5.41, 5.74) is 9.19. The third-order valence-electron chi connectivity index (χ3n) is 5.14. The zero-order valence-electron chi connectivity index (χ0n) is 14.6. The van der Waals surface area contributed by atoms with Gasteiger partial charge in [-0.25, -0.2) is 4.79 Å². The normalized spacial score (nSPS) is 17.2. The van der Waals surface area contributed by atoms with E-state index in [1.807, 2.05) is 11.5 Å². The highest BCUT2D eigenvalue weighted by Crippen LogP contribution is 2.41. The van der Waals surface area contributed by atoms with Gasteiger partial charge in [-0.3, -0.25) is 4.79 Å². The van der Waals surface area contributed by atoms with E-state index in [4.69, 9.17) is 5.73 Å². The Labute approximate surface area is 157 Å². The number of benzene rings is 1. The predicted molar refractivity (Wildman–Crippen MR) is 105 cm³/mol. The van der Waals surface area contributed by atoms with Crippen LogP contribution in [0.25, 0.3) is 10.9 Å². The number of nitrogens with one attached hydrogen (secondary N) is 1. The molecular weight excluding hydrogens is 356 g/mol. The molecule has 1 aliphatic carbocycles. The topological polar surface area (TPSA) is 101 Å². The summed E-state index contributed by atoms with van der Waals surface area (Å²) in [5.74, 6) is -1.06. The fourth-order valence-corrected chi connectivity index (χ4v) is 3.90. The second kappa shape index (κ2) is 6.81. The van der Waals surface area contributed by atoms with Crippen LogP contribution in [-0.4, -0.2) is 41.8 Å². The molecule has 7 nitrogen and oxygen atoms in total. The number of hydrogen-bond acceptors (Lipinski definition) is 5. The van der Waals surface area contributed by atoms with Crippen molar-refractivity contribution in [2.75, 3.05) is 36.8 Å². The number of fused-ring (bicyclic) bond motifs is 1. The molecule has 0 atom stereocenters. The number of anilines is 2. The molecule has 1 aromatic carbocycles. The van der Waals surface area contributed by atoms with E-state index in [0.29, 0.717) is 11.1 Å². The summed E-state index contributed by atoms with van der Waals surface area (Å²) in [6.07, 6.45) is 1.87. The van der Waals surface area contributed by atoms with Crippen LogP contribution >= 0.6 is 12.4 Å². The molecule has 4 rings (SSSR count). The third kappa shape index (κ3) is 2.91. The molecule has 0 bridgehead atoms. The molecule has 140 valence electrons. The monoisotopic (exact) mass is 378 g/mol. The standard InChI is InChI=1S/C18H22N4O3.ClH/c1-10-16-12(8-13(19)17(10)21-6-4-20-5-7-21)15(23)9-14(18(24)25)22(16)11-2-3-11;/h8-9,11,20H,2-7,19H2,1H3,(H,24,25);1H. The average Bonchev–Trinajstić information content (AvgIpc) is 3.41. The number of aryl methyl sites for hydroxylation is 1. The smallest absolute Gasteiger partial charge is 0.352 e. The molecule has 1 aliphatic heterocycles. The number of piperazine rings is 1. The van der Waals surface area contributed by atoms with E-state index < -0.39 is 5.97 Å². The summed E-state index contributed by atoms with van der Waals surface area (Å²) in [6, 6.07) is 3.09. The highest BCUT2D eigenvalue weighted by Gasteiger charge is 2.31. The van der Waals surface area contributed by atoms with Crippen molar-refractivity contribution in [2.24, 2.45) is 0 Å². The average molecular weight is 379 g/mol. The maximum Gasteiger partial charge on any atom is 0.352 e. The maximum absolute atomic E-state index is 12.5. The van der Waals surface area contributed by atoms with Gasteiger partial charge in [-0.2, -0.15) is 0 Å². The molecule has 1 aromatic heterocycles. The fraction of sp³-hybridized carbons (Fsp3) is 0.444. The van der Waals surface area contributed by atoms with Gasteiger partial charge in [0.2, 0.25) is 0 Å². The lowest BCUT2D eigenvalue weighted by molar-refractivity contribution is 0.0684. The number of halogens is 1. The van der Waals surface area contributed by atoms with Crippen molar-refractivity contribution in [3.8, 4) is 0 Å². The Morgan fingerprint density at radius 3 is 2.50 bits per heavy atom. The zero-order chi connectivity index (χ0) is 17.7. The summed E-state index contributed by atoms with van der Waals surface area (Å²) in [4.78, 5) is 26.5. The van der Waals surface area contributed by atoms with E-state index >= 15 is 0 Å². The second-order valence-corrected chi connectivity index (χ2v) is 6.87. The predicted octanol–water partition coefficient (Wildman–Crippen LogP) is 1.76. The van der Waals surface area contributed by atoms with Gasteiger partial charge in [0.25, 0.3) is 0 Å². The van der Waals surface area contributed by atoms with Crippen LogP contribution in [0, 0.1) is 6.92 Å². The van der Waals surface area contributed by atoms with Crippen molar-refractivity contribution in [3.05, 3.63) is 33.6 Å². The molecule has 2 heterocycles. The van der Waals surface area contributed by atoms with Crippen molar-refractivity contribution in [3.63, 3.8) is 0 Å². The van der Waals surface area contributed by atoms with Crippen LogP contribution in [0.15, 0.2) is 16.9 Å². The lowest BCUT2D eigenvalue weighted by Crippen LogP contribution is -2.44. The molecule has 8 heteroatoms. The molecule has 0 unspecified atom stereocenters. The van der Waals surface area contributed by atoms with E-state index in [2.05, 4.69) is 10.2 Å². The van der Waals surface area contributed by atoms with E-state index in [0.717, 1.165) is 55.8 Å². The van der Waals surface area contributed by atoms with Crippen LogP contribution in [0.1, 0.15) is 34.9 Å². The molecule has 2 fully saturated rings. The van der Waals surface area contributed by atoms with Gasteiger partial charge in [0.15, 0.2) is 5.43 Å². The Morgan fingerprint density at radius 1 is 1.27 bits per heavy atom. The molecule has 26 heavy (non-hydrogen) atoms. The van der Waals surface area contributed by atoms with E-state index in [1.54, 1.807) is 6.07 Å². The Hall–Kier alpha value is -2.25. The van der Waals surface area contributed by atoms with Gasteiger partial charge >= 0.3 is 5.97 Å². The number of carbonyl (C=O) groups is 1. The van der Waals surface area contributed by atoms with E-state index in [1.165, 1.54) is 6.07 Å². The SMILES string of the molecule is Cc1c(N2CCNCC2)c(N)cc2c(=O)cc(C(=O)O)n(C3CC3)c12.Cl. The maximum atomic E-state index is 12.5. The summed E-state index contributed by atoms with van der Waals surface area (Å²) in [5, 5.41) is 13.4. The van der Waals surface area contributed by atoms with Crippen LogP contribution in [0.4, 0.5) is 11.4 Å². The Bertz CT molecular complexity index is 930. The first kappa shape index (κ1) is 18.5. The zero-order valence-corrected chi connectivity index (χ0v) is 15.4. The van der Waals surface area contributed by atoms with Crippen molar-refractivity contribution < 1.29 is 9.90 Å². The number of carboxylic acids is 1. The van der Waals surface area contributed by atoms with Gasteiger partial charge in [-0.1, -0.05) is 0 Å². The van der Waals surface area contributed by atoms with E-state index in [9.17, 15) is 14.7 Å². The summed E-state index contributed by atoms with van der Waals surface area (Å²) < 4.78 is 1.83. The van der Waals surface area contributed by atoms with Crippen molar-refractivity contribution >= 4 is 40.7 Å². The van der Waals surface area contributed by atoms with Gasteiger partial charge in [-0.15, -0.1) is 12.4 Å². The molecule has 0 amide bonds. The number of pyridine rings is 1. The van der Waals surface area contributed by atoms with E-state index in [-0.39, 0.29) is 29.6 Å². The largest absolute Gasteiger partial charge is 0.477 e. The summed E-state index contributed by atoms with van der Waals surface area (Å²) >= 11 is 0. The molecule has 0 spiro atoms.